The Bertz CT molecular complexity index is 782. The highest BCUT2D eigenvalue weighted by molar-refractivity contribution is 6.31. The summed E-state index contributed by atoms with van der Waals surface area (Å²) in [6.45, 7) is 9.61. The molecular formula is C20H30ClN5O. The molecule has 0 amide bonds. The summed E-state index contributed by atoms with van der Waals surface area (Å²) in [6.07, 6.45) is 3.48. The SMILES string of the molecule is CCNC(=NCC(C)(C)c1ccccc1Cl)NCC(C)(O)c1cnn(C)c1. The summed E-state index contributed by atoms with van der Waals surface area (Å²) in [5.74, 6) is 0.654. The number of halogens is 1. The maximum atomic E-state index is 10.7. The summed E-state index contributed by atoms with van der Waals surface area (Å²) in [6, 6.07) is 7.85. The van der Waals surface area contributed by atoms with Crippen LogP contribution in [-0.4, -0.2) is 40.5 Å². The first kappa shape index (κ1) is 21.3. The second-order valence-electron chi connectivity index (χ2n) is 7.59. The minimum absolute atomic E-state index is 0.216. The second kappa shape index (κ2) is 8.76. The van der Waals surface area contributed by atoms with E-state index >= 15 is 0 Å². The lowest BCUT2D eigenvalue weighted by Gasteiger charge is -2.26. The third-order valence-corrected chi connectivity index (χ3v) is 4.84. The largest absolute Gasteiger partial charge is 0.383 e. The molecule has 0 aliphatic rings. The van der Waals surface area contributed by atoms with Crippen molar-refractivity contribution in [3.8, 4) is 0 Å². The Hall–Kier alpha value is -2.05. The maximum Gasteiger partial charge on any atom is 0.191 e. The number of hydrogen-bond donors (Lipinski definition) is 3. The van der Waals surface area contributed by atoms with Crippen LogP contribution in [0.1, 0.15) is 38.8 Å². The predicted molar refractivity (Wildman–Crippen MR) is 111 cm³/mol. The molecular weight excluding hydrogens is 362 g/mol. The van der Waals surface area contributed by atoms with Crippen LogP contribution < -0.4 is 10.6 Å². The molecule has 1 unspecified atom stereocenters. The van der Waals surface area contributed by atoms with E-state index in [-0.39, 0.29) is 5.41 Å². The lowest BCUT2D eigenvalue weighted by molar-refractivity contribution is 0.0616. The van der Waals surface area contributed by atoms with Gasteiger partial charge >= 0.3 is 0 Å². The molecule has 1 aromatic carbocycles. The van der Waals surface area contributed by atoms with E-state index < -0.39 is 5.60 Å². The predicted octanol–water partition coefficient (Wildman–Crippen LogP) is 2.81. The van der Waals surface area contributed by atoms with Crippen LogP contribution in [0.5, 0.6) is 0 Å². The molecule has 7 heteroatoms. The number of rotatable bonds is 7. The smallest absolute Gasteiger partial charge is 0.191 e. The monoisotopic (exact) mass is 391 g/mol. The van der Waals surface area contributed by atoms with Crippen LogP contribution in [0.3, 0.4) is 0 Å². The molecule has 0 fully saturated rings. The van der Waals surface area contributed by atoms with Crippen LogP contribution in [-0.2, 0) is 18.1 Å². The zero-order valence-corrected chi connectivity index (χ0v) is 17.5. The molecule has 3 N–H and O–H groups in total. The summed E-state index contributed by atoms with van der Waals surface area (Å²) in [5, 5.41) is 22.1. The lowest BCUT2D eigenvalue weighted by atomic mass is 9.85. The average molecular weight is 392 g/mol. The minimum atomic E-state index is -1.05. The standard InChI is InChI=1S/C20H30ClN5O/c1-6-22-18(24-14-20(4,27)15-11-25-26(5)12-15)23-13-19(2,3)16-9-7-8-10-17(16)21/h7-12,27H,6,13-14H2,1-5H3,(H2,22,23,24). The quantitative estimate of drug-likeness (QED) is 0.501. The van der Waals surface area contributed by atoms with Crippen LogP contribution in [0.2, 0.25) is 5.02 Å². The molecule has 0 saturated carbocycles. The van der Waals surface area contributed by atoms with Crippen molar-refractivity contribution in [1.82, 2.24) is 20.4 Å². The fourth-order valence-corrected chi connectivity index (χ4v) is 3.16. The van der Waals surface area contributed by atoms with Crippen molar-refractivity contribution in [2.75, 3.05) is 19.6 Å². The molecule has 27 heavy (non-hydrogen) atoms. The number of aliphatic imine (C=N–C) groups is 1. The van der Waals surface area contributed by atoms with Gasteiger partial charge < -0.3 is 15.7 Å². The van der Waals surface area contributed by atoms with Crippen molar-refractivity contribution in [2.45, 2.75) is 38.7 Å². The minimum Gasteiger partial charge on any atom is -0.383 e. The van der Waals surface area contributed by atoms with Crippen LogP contribution in [0.15, 0.2) is 41.7 Å². The first-order chi connectivity index (χ1) is 12.7. The van der Waals surface area contributed by atoms with Gasteiger partial charge in [-0.3, -0.25) is 9.67 Å². The Kier molecular flexibility index (Phi) is 6.89. The van der Waals surface area contributed by atoms with Gasteiger partial charge in [0.25, 0.3) is 0 Å². The van der Waals surface area contributed by atoms with Gasteiger partial charge in [0, 0.05) is 35.8 Å². The molecule has 6 nitrogen and oxygen atoms in total. The summed E-state index contributed by atoms with van der Waals surface area (Å²) in [7, 11) is 1.83. The number of guanidine groups is 1. The van der Waals surface area contributed by atoms with E-state index in [1.807, 2.05) is 44.4 Å². The Morgan fingerprint density at radius 2 is 1.96 bits per heavy atom. The normalized spacial score (nSPS) is 14.7. The topological polar surface area (TPSA) is 74.5 Å². The van der Waals surface area contributed by atoms with Gasteiger partial charge in [-0.05, 0) is 25.5 Å². The van der Waals surface area contributed by atoms with Crippen LogP contribution in [0.4, 0.5) is 0 Å². The summed E-state index contributed by atoms with van der Waals surface area (Å²) in [5.41, 5.74) is 0.549. The van der Waals surface area contributed by atoms with Gasteiger partial charge in [-0.2, -0.15) is 5.10 Å². The van der Waals surface area contributed by atoms with Crippen molar-refractivity contribution < 1.29 is 5.11 Å². The van der Waals surface area contributed by atoms with E-state index in [0.29, 0.717) is 19.0 Å². The molecule has 2 aromatic rings. The Morgan fingerprint density at radius 1 is 1.26 bits per heavy atom. The Balaban J connectivity index is 2.08. The van der Waals surface area contributed by atoms with Gasteiger partial charge in [-0.1, -0.05) is 43.6 Å². The van der Waals surface area contributed by atoms with E-state index in [0.717, 1.165) is 22.7 Å². The van der Waals surface area contributed by atoms with E-state index in [4.69, 9.17) is 16.6 Å². The van der Waals surface area contributed by atoms with Crippen molar-refractivity contribution in [3.63, 3.8) is 0 Å². The number of nitrogens with one attached hydrogen (secondary N) is 2. The van der Waals surface area contributed by atoms with Crippen molar-refractivity contribution >= 4 is 17.6 Å². The Morgan fingerprint density at radius 3 is 2.56 bits per heavy atom. The van der Waals surface area contributed by atoms with Gasteiger partial charge in [0.15, 0.2) is 5.96 Å². The molecule has 148 valence electrons. The van der Waals surface area contributed by atoms with Crippen molar-refractivity contribution in [2.24, 2.45) is 12.0 Å². The molecule has 0 radical (unpaired) electrons. The zero-order chi connectivity index (χ0) is 20.1. The number of aryl methyl sites for hydroxylation is 1. The van der Waals surface area contributed by atoms with Gasteiger partial charge in [-0.25, -0.2) is 0 Å². The van der Waals surface area contributed by atoms with Gasteiger partial charge in [0.2, 0.25) is 0 Å². The van der Waals surface area contributed by atoms with E-state index in [1.54, 1.807) is 17.8 Å². The maximum absolute atomic E-state index is 10.7. The third kappa shape index (κ3) is 5.71. The molecule has 1 heterocycles. The highest BCUT2D eigenvalue weighted by Crippen LogP contribution is 2.29. The van der Waals surface area contributed by atoms with Gasteiger partial charge in [0.05, 0.1) is 19.3 Å². The first-order valence-corrected chi connectivity index (χ1v) is 9.52. The van der Waals surface area contributed by atoms with Crippen LogP contribution in [0.25, 0.3) is 0 Å². The van der Waals surface area contributed by atoms with E-state index in [9.17, 15) is 5.11 Å². The number of aliphatic hydroxyl groups is 1. The van der Waals surface area contributed by atoms with E-state index in [1.165, 1.54) is 0 Å². The molecule has 0 saturated heterocycles. The second-order valence-corrected chi connectivity index (χ2v) is 8.00. The summed E-state index contributed by atoms with van der Waals surface area (Å²) < 4.78 is 1.68. The lowest BCUT2D eigenvalue weighted by Crippen LogP contribution is -2.45. The molecule has 0 bridgehead atoms. The van der Waals surface area contributed by atoms with Crippen molar-refractivity contribution in [3.05, 3.63) is 52.8 Å². The molecule has 0 aliphatic heterocycles. The number of benzene rings is 1. The zero-order valence-electron chi connectivity index (χ0n) is 16.8. The molecule has 1 aromatic heterocycles. The number of aromatic nitrogens is 2. The van der Waals surface area contributed by atoms with Gasteiger partial charge in [0.1, 0.15) is 5.60 Å². The Labute approximate surface area is 166 Å². The number of nitrogens with zero attached hydrogens (tertiary/aromatic N) is 3. The summed E-state index contributed by atoms with van der Waals surface area (Å²) >= 11 is 6.36. The average Bonchev–Trinajstić information content (AvgIpc) is 3.05. The first-order valence-electron chi connectivity index (χ1n) is 9.14. The highest BCUT2D eigenvalue weighted by Gasteiger charge is 2.26. The fraction of sp³-hybridized carbons (Fsp3) is 0.500. The van der Waals surface area contributed by atoms with Crippen molar-refractivity contribution in [1.29, 1.82) is 0 Å². The highest BCUT2D eigenvalue weighted by atomic mass is 35.5. The van der Waals surface area contributed by atoms with E-state index in [2.05, 4.69) is 29.6 Å². The summed E-state index contributed by atoms with van der Waals surface area (Å²) in [4.78, 5) is 4.71. The molecule has 0 spiro atoms. The number of hydrogen-bond acceptors (Lipinski definition) is 3. The fourth-order valence-electron chi connectivity index (χ4n) is 2.77. The van der Waals surface area contributed by atoms with Crippen LogP contribution in [0, 0.1) is 0 Å². The van der Waals surface area contributed by atoms with Crippen LogP contribution >= 0.6 is 11.6 Å². The van der Waals surface area contributed by atoms with Gasteiger partial charge in [-0.15, -0.1) is 0 Å². The molecule has 1 atom stereocenters. The third-order valence-electron chi connectivity index (χ3n) is 4.51. The molecule has 2 rings (SSSR count). The molecule has 0 aliphatic carbocycles.